The van der Waals surface area contributed by atoms with Crippen LogP contribution in [0.3, 0.4) is 0 Å². The highest BCUT2D eigenvalue weighted by atomic mass is 35.5. The molecule has 0 radical (unpaired) electrons. The molecule has 0 spiro atoms. The second kappa shape index (κ2) is 9.13. The Morgan fingerprint density at radius 1 is 1.52 bits per heavy atom. The van der Waals surface area contributed by atoms with E-state index in [0.717, 1.165) is 25.1 Å². The van der Waals surface area contributed by atoms with E-state index in [9.17, 15) is 4.79 Å². The molecule has 4 nitrogen and oxygen atoms in total. The maximum atomic E-state index is 11.8. The van der Waals surface area contributed by atoms with Crippen LogP contribution >= 0.6 is 24.0 Å². The van der Waals surface area contributed by atoms with Gasteiger partial charge in [-0.15, -0.1) is 12.4 Å². The second-order valence-corrected chi connectivity index (χ2v) is 5.57. The number of halogens is 2. The number of methoxy groups -OCH3 is 1. The van der Waals surface area contributed by atoms with Gasteiger partial charge in [0.1, 0.15) is 5.75 Å². The van der Waals surface area contributed by atoms with Crippen LogP contribution in [0.25, 0.3) is 0 Å². The molecule has 2 rings (SSSR count). The molecule has 21 heavy (non-hydrogen) atoms. The van der Waals surface area contributed by atoms with Gasteiger partial charge in [0, 0.05) is 23.6 Å². The molecule has 1 aliphatic rings. The zero-order chi connectivity index (χ0) is 14.4. The monoisotopic (exact) mass is 332 g/mol. The predicted octanol–water partition coefficient (Wildman–Crippen LogP) is 2.78. The van der Waals surface area contributed by atoms with Crippen molar-refractivity contribution in [3.63, 3.8) is 0 Å². The molecular weight excluding hydrogens is 311 g/mol. The first kappa shape index (κ1) is 18.1. The maximum Gasteiger partial charge on any atom is 0.220 e. The highest BCUT2D eigenvalue weighted by Crippen LogP contribution is 2.23. The van der Waals surface area contributed by atoms with E-state index in [0.29, 0.717) is 29.7 Å². The molecule has 1 unspecified atom stereocenters. The van der Waals surface area contributed by atoms with Gasteiger partial charge in [0.05, 0.1) is 7.11 Å². The highest BCUT2D eigenvalue weighted by molar-refractivity contribution is 6.30. The van der Waals surface area contributed by atoms with Gasteiger partial charge >= 0.3 is 0 Å². The van der Waals surface area contributed by atoms with E-state index >= 15 is 0 Å². The lowest BCUT2D eigenvalue weighted by Gasteiger charge is -2.11. The third kappa shape index (κ3) is 5.73. The zero-order valence-corrected chi connectivity index (χ0v) is 13.7. The Kier molecular flexibility index (Phi) is 7.86. The molecule has 118 valence electrons. The van der Waals surface area contributed by atoms with E-state index in [1.807, 2.05) is 6.07 Å². The van der Waals surface area contributed by atoms with Gasteiger partial charge in [-0.25, -0.2) is 0 Å². The van der Waals surface area contributed by atoms with Crippen LogP contribution in [0, 0.1) is 5.92 Å². The van der Waals surface area contributed by atoms with E-state index in [1.54, 1.807) is 19.2 Å². The summed E-state index contributed by atoms with van der Waals surface area (Å²) in [5.74, 6) is 1.44. The molecule has 1 atom stereocenters. The largest absolute Gasteiger partial charge is 0.496 e. The van der Waals surface area contributed by atoms with Crippen molar-refractivity contribution in [3.8, 4) is 5.75 Å². The van der Waals surface area contributed by atoms with Crippen LogP contribution in [0.15, 0.2) is 18.2 Å². The molecular formula is C15H22Cl2N2O2. The fourth-order valence-corrected chi connectivity index (χ4v) is 2.60. The summed E-state index contributed by atoms with van der Waals surface area (Å²) in [6.07, 6.45) is 2.72. The average molecular weight is 333 g/mol. The van der Waals surface area contributed by atoms with Crippen LogP contribution in [-0.4, -0.2) is 26.1 Å². The van der Waals surface area contributed by atoms with Crippen LogP contribution in [-0.2, 0) is 11.3 Å². The van der Waals surface area contributed by atoms with E-state index in [1.165, 1.54) is 6.42 Å². The summed E-state index contributed by atoms with van der Waals surface area (Å²) in [6, 6.07) is 5.44. The van der Waals surface area contributed by atoms with E-state index in [-0.39, 0.29) is 18.3 Å². The van der Waals surface area contributed by atoms with Gasteiger partial charge in [0.15, 0.2) is 0 Å². The fourth-order valence-electron chi connectivity index (χ4n) is 2.44. The molecule has 0 saturated carbocycles. The molecule has 1 amide bonds. The van der Waals surface area contributed by atoms with Crippen molar-refractivity contribution in [2.24, 2.45) is 5.92 Å². The number of benzene rings is 1. The minimum absolute atomic E-state index is 0. The summed E-state index contributed by atoms with van der Waals surface area (Å²) in [4.78, 5) is 11.8. The Morgan fingerprint density at radius 3 is 3.00 bits per heavy atom. The lowest BCUT2D eigenvalue weighted by molar-refractivity contribution is -0.121. The molecule has 0 aliphatic carbocycles. The van der Waals surface area contributed by atoms with Crippen molar-refractivity contribution in [1.29, 1.82) is 0 Å². The van der Waals surface area contributed by atoms with Gasteiger partial charge < -0.3 is 15.4 Å². The molecule has 1 aromatic carbocycles. The third-order valence-electron chi connectivity index (χ3n) is 3.67. The molecule has 6 heteroatoms. The minimum Gasteiger partial charge on any atom is -0.496 e. The van der Waals surface area contributed by atoms with Crippen molar-refractivity contribution in [1.82, 2.24) is 10.6 Å². The lowest BCUT2D eigenvalue weighted by Crippen LogP contribution is -2.23. The minimum atomic E-state index is 0. The molecule has 1 fully saturated rings. The number of hydrogen-bond donors (Lipinski definition) is 2. The Morgan fingerprint density at radius 2 is 2.33 bits per heavy atom. The predicted molar refractivity (Wildman–Crippen MR) is 87.3 cm³/mol. The summed E-state index contributed by atoms with van der Waals surface area (Å²) >= 11 is 5.91. The number of hydrogen-bond acceptors (Lipinski definition) is 3. The first-order valence-electron chi connectivity index (χ1n) is 6.99. The number of amides is 1. The maximum absolute atomic E-state index is 11.8. The van der Waals surface area contributed by atoms with Crippen molar-refractivity contribution >= 4 is 29.9 Å². The van der Waals surface area contributed by atoms with Gasteiger partial charge in [0.25, 0.3) is 0 Å². The first-order chi connectivity index (χ1) is 9.69. The van der Waals surface area contributed by atoms with Crippen LogP contribution < -0.4 is 15.4 Å². The molecule has 0 bridgehead atoms. The molecule has 0 aromatic heterocycles. The Hall–Kier alpha value is -0.970. The number of ether oxygens (including phenoxy) is 1. The van der Waals surface area contributed by atoms with Crippen LogP contribution in [0.5, 0.6) is 5.75 Å². The Bertz CT molecular complexity index is 463. The molecule has 1 heterocycles. The Labute approximate surface area is 137 Å². The van der Waals surface area contributed by atoms with Gasteiger partial charge in [-0.3, -0.25) is 4.79 Å². The van der Waals surface area contributed by atoms with Crippen molar-refractivity contribution in [2.45, 2.75) is 25.8 Å². The van der Waals surface area contributed by atoms with Crippen molar-refractivity contribution in [3.05, 3.63) is 28.8 Å². The van der Waals surface area contributed by atoms with Crippen LogP contribution in [0.1, 0.15) is 24.8 Å². The first-order valence-corrected chi connectivity index (χ1v) is 7.36. The highest BCUT2D eigenvalue weighted by Gasteiger charge is 2.15. The van der Waals surface area contributed by atoms with Crippen LogP contribution in [0.4, 0.5) is 0 Å². The third-order valence-corrected chi connectivity index (χ3v) is 3.90. The van der Waals surface area contributed by atoms with Crippen molar-refractivity contribution in [2.75, 3.05) is 20.2 Å². The molecule has 1 aliphatic heterocycles. The SMILES string of the molecule is COc1cc(Cl)ccc1CNC(=O)CCC1CCNC1.Cl. The molecule has 2 N–H and O–H groups in total. The van der Waals surface area contributed by atoms with Crippen molar-refractivity contribution < 1.29 is 9.53 Å². The lowest BCUT2D eigenvalue weighted by atomic mass is 10.0. The van der Waals surface area contributed by atoms with E-state index in [2.05, 4.69) is 10.6 Å². The summed E-state index contributed by atoms with van der Waals surface area (Å²) in [6.45, 7) is 2.59. The normalized spacial score (nSPS) is 17.1. The average Bonchev–Trinajstić information content (AvgIpc) is 2.97. The standard InChI is InChI=1S/C15H21ClN2O2.ClH/c1-20-14-8-13(16)4-3-12(14)10-18-15(19)5-2-11-6-7-17-9-11;/h3-4,8,11,17H,2,5-7,9-10H2,1H3,(H,18,19);1H. The molecule has 1 aromatic rings. The smallest absolute Gasteiger partial charge is 0.220 e. The summed E-state index contributed by atoms with van der Waals surface area (Å²) in [7, 11) is 1.60. The van der Waals surface area contributed by atoms with Gasteiger partial charge in [-0.05, 0) is 44.0 Å². The van der Waals surface area contributed by atoms with Gasteiger partial charge in [-0.1, -0.05) is 17.7 Å². The van der Waals surface area contributed by atoms with Gasteiger partial charge in [-0.2, -0.15) is 0 Å². The molecule has 1 saturated heterocycles. The summed E-state index contributed by atoms with van der Waals surface area (Å²) < 4.78 is 5.26. The fraction of sp³-hybridized carbons (Fsp3) is 0.533. The van der Waals surface area contributed by atoms with Gasteiger partial charge in [0.2, 0.25) is 5.91 Å². The number of rotatable bonds is 6. The van der Waals surface area contributed by atoms with E-state index < -0.39 is 0 Å². The summed E-state index contributed by atoms with van der Waals surface area (Å²) in [5.41, 5.74) is 0.938. The second-order valence-electron chi connectivity index (χ2n) is 5.13. The number of nitrogens with one attached hydrogen (secondary N) is 2. The number of carbonyl (C=O) groups excluding carboxylic acids is 1. The summed E-state index contributed by atoms with van der Waals surface area (Å²) in [5, 5.41) is 6.88. The Balaban J connectivity index is 0.00000220. The number of carbonyl (C=O) groups is 1. The van der Waals surface area contributed by atoms with E-state index in [4.69, 9.17) is 16.3 Å². The topological polar surface area (TPSA) is 50.4 Å². The zero-order valence-electron chi connectivity index (χ0n) is 12.2. The quantitative estimate of drug-likeness (QED) is 0.842. The van der Waals surface area contributed by atoms with Crippen LogP contribution in [0.2, 0.25) is 5.02 Å².